The summed E-state index contributed by atoms with van der Waals surface area (Å²) in [6.45, 7) is 7.19. The molecule has 0 spiro atoms. The van der Waals surface area contributed by atoms with Crippen molar-refractivity contribution in [2.45, 2.75) is 40.2 Å². The Labute approximate surface area is 196 Å². The zero-order valence-corrected chi connectivity index (χ0v) is 20.1. The summed E-state index contributed by atoms with van der Waals surface area (Å²) in [6, 6.07) is 5.53. The number of rotatable bonds is 5. The van der Waals surface area contributed by atoms with Gasteiger partial charge in [0.05, 0.1) is 29.4 Å². The lowest BCUT2D eigenvalue weighted by atomic mass is 10.0. The molecule has 3 aromatic rings. The van der Waals surface area contributed by atoms with Gasteiger partial charge in [-0.1, -0.05) is 13.0 Å². The number of ether oxygens (including phenoxy) is 1. The molecule has 1 aromatic carbocycles. The average Bonchev–Trinajstić information content (AvgIpc) is 3.13. The summed E-state index contributed by atoms with van der Waals surface area (Å²) >= 11 is 1.17. The zero-order chi connectivity index (χ0) is 23.7. The smallest absolute Gasteiger partial charge is 0.266 e. The molecule has 9 heteroatoms. The van der Waals surface area contributed by atoms with E-state index in [1.807, 2.05) is 24.0 Å². The molecule has 3 heterocycles. The number of nitrogens with one attached hydrogen (secondary N) is 1. The molecule has 0 bridgehead atoms. The molecule has 4 rings (SSSR count). The van der Waals surface area contributed by atoms with E-state index in [0.717, 1.165) is 24.9 Å². The first kappa shape index (κ1) is 23.0. The molecule has 8 nitrogen and oxygen atoms in total. The minimum atomic E-state index is -0.330. The predicted molar refractivity (Wildman–Crippen MR) is 129 cm³/mol. The van der Waals surface area contributed by atoms with Gasteiger partial charge in [-0.25, -0.2) is 4.98 Å². The van der Waals surface area contributed by atoms with Crippen molar-refractivity contribution in [3.8, 4) is 5.75 Å². The van der Waals surface area contributed by atoms with Gasteiger partial charge in [0, 0.05) is 13.1 Å². The van der Waals surface area contributed by atoms with Crippen molar-refractivity contribution in [1.82, 2.24) is 14.5 Å². The van der Waals surface area contributed by atoms with E-state index in [0.29, 0.717) is 44.6 Å². The highest BCUT2D eigenvalue weighted by atomic mass is 32.1. The molecule has 1 aliphatic rings. The van der Waals surface area contributed by atoms with Crippen molar-refractivity contribution in [3.05, 3.63) is 50.9 Å². The first-order valence-corrected chi connectivity index (χ1v) is 11.8. The molecular formula is C24H28N4O4S. The van der Waals surface area contributed by atoms with Crippen LogP contribution in [0.15, 0.2) is 29.3 Å². The number of aryl methyl sites for hydroxylation is 2. The predicted octanol–water partition coefficient (Wildman–Crippen LogP) is 3.59. The summed E-state index contributed by atoms with van der Waals surface area (Å²) in [6.07, 6.45) is 3.49. The van der Waals surface area contributed by atoms with E-state index in [2.05, 4.69) is 17.2 Å². The highest BCUT2D eigenvalue weighted by Crippen LogP contribution is 2.30. The summed E-state index contributed by atoms with van der Waals surface area (Å²) in [5, 5.41) is 3.26. The zero-order valence-electron chi connectivity index (χ0n) is 19.3. The van der Waals surface area contributed by atoms with Gasteiger partial charge in [0.2, 0.25) is 5.91 Å². The second kappa shape index (κ2) is 9.35. The summed E-state index contributed by atoms with van der Waals surface area (Å²) in [5.41, 5.74) is 1.80. The molecule has 1 saturated heterocycles. The van der Waals surface area contributed by atoms with Crippen LogP contribution >= 0.6 is 11.3 Å². The Morgan fingerprint density at radius 2 is 2.09 bits per heavy atom. The van der Waals surface area contributed by atoms with Gasteiger partial charge in [0.25, 0.3) is 11.5 Å². The topological polar surface area (TPSA) is 93.5 Å². The SMILES string of the molecule is COc1ccc(C)cc1NC(=O)c1sc2ncn(CC(=O)N3CCCC(C)C3)c(=O)c2c1C. The number of likely N-dealkylation sites (tertiary alicyclic amines) is 1. The molecule has 2 amide bonds. The van der Waals surface area contributed by atoms with Gasteiger partial charge in [0.15, 0.2) is 0 Å². The second-order valence-corrected chi connectivity index (χ2v) is 9.66. The average molecular weight is 469 g/mol. The van der Waals surface area contributed by atoms with Crippen LogP contribution in [0.2, 0.25) is 0 Å². The number of thiophene rings is 1. The van der Waals surface area contributed by atoms with E-state index in [4.69, 9.17) is 4.74 Å². The maximum absolute atomic E-state index is 13.2. The fourth-order valence-electron chi connectivity index (χ4n) is 4.25. The molecule has 174 valence electrons. The fourth-order valence-corrected chi connectivity index (χ4v) is 5.28. The molecule has 33 heavy (non-hydrogen) atoms. The summed E-state index contributed by atoms with van der Waals surface area (Å²) in [4.78, 5) is 46.1. The number of piperidine rings is 1. The maximum Gasteiger partial charge on any atom is 0.266 e. The molecule has 0 saturated carbocycles. The van der Waals surface area contributed by atoms with Crippen molar-refractivity contribution in [3.63, 3.8) is 0 Å². The van der Waals surface area contributed by atoms with Gasteiger partial charge in [-0.3, -0.25) is 19.0 Å². The van der Waals surface area contributed by atoms with Crippen molar-refractivity contribution in [2.75, 3.05) is 25.5 Å². The Kier molecular flexibility index (Phi) is 6.51. The molecular weight excluding hydrogens is 440 g/mol. The lowest BCUT2D eigenvalue weighted by Gasteiger charge is -2.31. The van der Waals surface area contributed by atoms with Crippen molar-refractivity contribution in [2.24, 2.45) is 5.92 Å². The number of hydrogen-bond donors (Lipinski definition) is 1. The summed E-state index contributed by atoms with van der Waals surface area (Å²) in [5.74, 6) is 0.608. The van der Waals surface area contributed by atoms with E-state index >= 15 is 0 Å². The Morgan fingerprint density at radius 1 is 1.30 bits per heavy atom. The van der Waals surface area contributed by atoms with Crippen LogP contribution in [0.5, 0.6) is 5.75 Å². The van der Waals surface area contributed by atoms with Gasteiger partial charge >= 0.3 is 0 Å². The first-order chi connectivity index (χ1) is 15.8. The Balaban J connectivity index is 1.61. The quantitative estimate of drug-likeness (QED) is 0.618. The molecule has 0 radical (unpaired) electrons. The maximum atomic E-state index is 13.2. The van der Waals surface area contributed by atoms with E-state index in [1.54, 1.807) is 20.1 Å². The van der Waals surface area contributed by atoms with E-state index in [9.17, 15) is 14.4 Å². The number of aromatic nitrogens is 2. The van der Waals surface area contributed by atoms with Crippen LogP contribution in [-0.2, 0) is 11.3 Å². The first-order valence-electron chi connectivity index (χ1n) is 11.0. The van der Waals surface area contributed by atoms with E-state index < -0.39 is 0 Å². The number of fused-ring (bicyclic) bond motifs is 1. The molecule has 1 aliphatic heterocycles. The van der Waals surface area contributed by atoms with Crippen LogP contribution in [0.3, 0.4) is 0 Å². The Bertz CT molecular complexity index is 1280. The van der Waals surface area contributed by atoms with E-state index in [1.165, 1.54) is 22.2 Å². The lowest BCUT2D eigenvalue weighted by molar-refractivity contribution is -0.133. The van der Waals surface area contributed by atoms with Gasteiger partial charge in [-0.2, -0.15) is 0 Å². The number of carbonyl (C=O) groups excluding carboxylic acids is 2. The van der Waals surface area contributed by atoms with Crippen molar-refractivity contribution < 1.29 is 14.3 Å². The minimum absolute atomic E-state index is 0.0498. The number of anilines is 1. The van der Waals surface area contributed by atoms with Gasteiger partial charge < -0.3 is 15.0 Å². The van der Waals surface area contributed by atoms with Crippen molar-refractivity contribution >= 4 is 39.1 Å². The molecule has 1 unspecified atom stereocenters. The van der Waals surface area contributed by atoms with Crippen LogP contribution in [0.25, 0.3) is 10.2 Å². The third-order valence-electron chi connectivity index (χ3n) is 6.04. The van der Waals surface area contributed by atoms with Crippen LogP contribution < -0.4 is 15.6 Å². The van der Waals surface area contributed by atoms with Crippen LogP contribution in [0.1, 0.15) is 40.6 Å². The molecule has 1 fully saturated rings. The standard InChI is InChI=1S/C24H28N4O4S/c1-14-7-8-18(32-4)17(10-14)26-22(30)21-16(3)20-23(33-21)25-13-28(24(20)31)12-19(29)27-9-5-6-15(2)11-27/h7-8,10,13,15H,5-6,9,11-12H2,1-4H3,(H,26,30). The summed E-state index contributed by atoms with van der Waals surface area (Å²) < 4.78 is 6.68. The number of hydrogen-bond acceptors (Lipinski definition) is 6. The molecule has 1 N–H and O–H groups in total. The lowest BCUT2D eigenvalue weighted by Crippen LogP contribution is -2.42. The highest BCUT2D eigenvalue weighted by Gasteiger charge is 2.24. The van der Waals surface area contributed by atoms with Gasteiger partial charge in [-0.15, -0.1) is 11.3 Å². The number of amides is 2. The molecule has 0 aliphatic carbocycles. The summed E-state index contributed by atoms with van der Waals surface area (Å²) in [7, 11) is 1.54. The molecule has 1 atom stereocenters. The highest BCUT2D eigenvalue weighted by molar-refractivity contribution is 7.20. The number of benzene rings is 1. The van der Waals surface area contributed by atoms with Gasteiger partial charge in [0.1, 0.15) is 17.1 Å². The van der Waals surface area contributed by atoms with Crippen LogP contribution in [0, 0.1) is 19.8 Å². The normalized spacial score (nSPS) is 16.1. The van der Waals surface area contributed by atoms with Gasteiger partial charge in [-0.05, 0) is 55.9 Å². The Hall–Kier alpha value is -3.20. The van der Waals surface area contributed by atoms with Crippen molar-refractivity contribution in [1.29, 1.82) is 0 Å². The largest absolute Gasteiger partial charge is 0.495 e. The minimum Gasteiger partial charge on any atom is -0.495 e. The number of nitrogens with zero attached hydrogens (tertiary/aromatic N) is 3. The van der Waals surface area contributed by atoms with Crippen LogP contribution in [0.4, 0.5) is 5.69 Å². The van der Waals surface area contributed by atoms with Crippen LogP contribution in [-0.4, -0.2) is 46.5 Å². The number of carbonyl (C=O) groups is 2. The third-order valence-corrected chi connectivity index (χ3v) is 7.24. The number of methoxy groups -OCH3 is 1. The monoisotopic (exact) mass is 468 g/mol. The van der Waals surface area contributed by atoms with E-state index in [-0.39, 0.29) is 23.9 Å². The fraction of sp³-hybridized carbons (Fsp3) is 0.417. The molecule has 2 aromatic heterocycles. The third kappa shape index (κ3) is 4.64. The second-order valence-electron chi connectivity index (χ2n) is 8.66. The Morgan fingerprint density at radius 3 is 2.82 bits per heavy atom.